The van der Waals surface area contributed by atoms with E-state index in [0.717, 1.165) is 6.07 Å². The monoisotopic (exact) mass is 410 g/mol. The molecule has 0 bridgehead atoms. The third-order valence-electron chi connectivity index (χ3n) is 3.90. The zero-order valence-corrected chi connectivity index (χ0v) is 15.4. The molecule has 28 heavy (non-hydrogen) atoms. The number of rotatable bonds is 4. The van der Waals surface area contributed by atoms with Gasteiger partial charge in [0.25, 0.3) is 5.91 Å². The minimum atomic E-state index is -4.71. The first kappa shape index (κ1) is 19.6. The maximum atomic E-state index is 12.9. The number of nitrogens with one attached hydrogen (secondary N) is 1. The summed E-state index contributed by atoms with van der Waals surface area (Å²) in [5.74, 6) is -2.08. The van der Waals surface area contributed by atoms with E-state index in [1.807, 2.05) is 0 Å². The number of carboxylic acid groups (broad SMARTS) is 1. The molecule has 1 aromatic heterocycles. The minimum Gasteiger partial charge on any atom is -0.496 e. The molecule has 10 heteroatoms. The molecule has 0 unspecified atom stereocenters. The smallest absolute Gasteiger partial charge is 0.416 e. The van der Waals surface area contributed by atoms with Crippen LogP contribution in [0.15, 0.2) is 30.3 Å². The van der Waals surface area contributed by atoms with Crippen molar-refractivity contribution in [2.45, 2.75) is 13.1 Å². The van der Waals surface area contributed by atoms with E-state index in [-0.39, 0.29) is 17.0 Å². The molecule has 146 valence electrons. The fraction of sp³-hybridized carbons (Fsp3) is 0.167. The number of nitrogens with zero attached hydrogens (tertiary/aromatic N) is 1. The van der Waals surface area contributed by atoms with E-state index in [1.54, 1.807) is 19.1 Å². The lowest BCUT2D eigenvalue weighted by atomic mass is 10.1. The number of amides is 1. The Labute approximate surface area is 160 Å². The quantitative estimate of drug-likeness (QED) is 0.657. The molecule has 0 saturated carbocycles. The average molecular weight is 410 g/mol. The van der Waals surface area contributed by atoms with Gasteiger partial charge in [-0.1, -0.05) is 0 Å². The van der Waals surface area contributed by atoms with Gasteiger partial charge in [0.2, 0.25) is 0 Å². The van der Waals surface area contributed by atoms with Crippen LogP contribution in [0.2, 0.25) is 0 Å². The first-order valence-corrected chi connectivity index (χ1v) is 8.63. The van der Waals surface area contributed by atoms with Crippen molar-refractivity contribution in [3.8, 4) is 5.75 Å². The number of alkyl halides is 3. The maximum Gasteiger partial charge on any atom is 0.416 e. The van der Waals surface area contributed by atoms with E-state index in [1.165, 1.54) is 18.4 Å². The summed E-state index contributed by atoms with van der Waals surface area (Å²) in [6.45, 7) is 1.76. The van der Waals surface area contributed by atoms with Crippen molar-refractivity contribution in [3.05, 3.63) is 52.0 Å². The molecule has 0 saturated heterocycles. The summed E-state index contributed by atoms with van der Waals surface area (Å²) in [6, 6.07) is 5.31. The first-order valence-electron chi connectivity index (χ1n) is 7.82. The van der Waals surface area contributed by atoms with E-state index >= 15 is 0 Å². The molecular formula is C18H13F3N2O4S. The number of fused-ring (bicyclic) bond motifs is 1. The molecule has 2 aromatic carbocycles. The molecule has 1 heterocycles. The fourth-order valence-corrected chi connectivity index (χ4v) is 3.61. The van der Waals surface area contributed by atoms with Gasteiger partial charge in [0.1, 0.15) is 11.3 Å². The number of aromatic carboxylic acids is 1. The number of hydrogen-bond donors (Lipinski definition) is 2. The van der Waals surface area contributed by atoms with Crippen molar-refractivity contribution in [1.82, 2.24) is 4.98 Å². The molecule has 0 aliphatic carbocycles. The number of benzene rings is 2. The van der Waals surface area contributed by atoms with Gasteiger partial charge in [0, 0.05) is 0 Å². The number of thiazole rings is 1. The number of carbonyl (C=O) groups is 2. The van der Waals surface area contributed by atoms with Crippen molar-refractivity contribution in [2.75, 3.05) is 12.4 Å². The van der Waals surface area contributed by atoms with Gasteiger partial charge in [0.15, 0.2) is 0 Å². The topological polar surface area (TPSA) is 88.5 Å². The molecule has 0 aliphatic heterocycles. The summed E-state index contributed by atoms with van der Waals surface area (Å²) < 4.78 is 44.3. The lowest BCUT2D eigenvalue weighted by Gasteiger charge is -2.14. The van der Waals surface area contributed by atoms with Crippen molar-refractivity contribution >= 4 is 39.1 Å². The highest BCUT2D eigenvalue weighted by atomic mass is 32.1. The summed E-state index contributed by atoms with van der Waals surface area (Å²) in [7, 11) is 1.37. The highest BCUT2D eigenvalue weighted by molar-refractivity contribution is 7.19. The van der Waals surface area contributed by atoms with Gasteiger partial charge in [-0.3, -0.25) is 4.79 Å². The van der Waals surface area contributed by atoms with E-state index in [4.69, 9.17) is 4.74 Å². The van der Waals surface area contributed by atoms with Crippen LogP contribution in [0, 0.1) is 6.92 Å². The Morgan fingerprint density at radius 3 is 2.54 bits per heavy atom. The number of carbonyl (C=O) groups excluding carboxylic acids is 1. The molecule has 3 aromatic rings. The summed E-state index contributed by atoms with van der Waals surface area (Å²) >= 11 is 1.25. The van der Waals surface area contributed by atoms with Gasteiger partial charge in [-0.15, -0.1) is 11.3 Å². The molecule has 1 amide bonds. The van der Waals surface area contributed by atoms with E-state index < -0.39 is 29.2 Å². The predicted octanol–water partition coefficient (Wildman–Crippen LogP) is 4.58. The Kier molecular flexibility index (Phi) is 4.99. The Bertz CT molecular complexity index is 1090. The second-order valence-corrected chi connectivity index (χ2v) is 6.94. The van der Waals surface area contributed by atoms with Crippen LogP contribution in [0.5, 0.6) is 5.75 Å². The molecule has 3 rings (SSSR count). The minimum absolute atomic E-state index is 0.127. The van der Waals surface area contributed by atoms with Crippen molar-refractivity contribution in [1.29, 1.82) is 0 Å². The Morgan fingerprint density at radius 1 is 1.21 bits per heavy atom. The van der Waals surface area contributed by atoms with Gasteiger partial charge in [-0.2, -0.15) is 13.2 Å². The van der Waals surface area contributed by atoms with Crippen LogP contribution in [0.1, 0.15) is 31.3 Å². The third-order valence-corrected chi connectivity index (χ3v) is 4.90. The van der Waals surface area contributed by atoms with Gasteiger partial charge in [-0.25, -0.2) is 9.78 Å². The Morgan fingerprint density at radius 2 is 1.93 bits per heavy atom. The van der Waals surface area contributed by atoms with Crippen LogP contribution in [0.3, 0.4) is 0 Å². The highest BCUT2D eigenvalue weighted by Gasteiger charge is 2.32. The highest BCUT2D eigenvalue weighted by Crippen LogP contribution is 2.34. The average Bonchev–Trinajstić information content (AvgIpc) is 2.99. The van der Waals surface area contributed by atoms with E-state index in [2.05, 4.69) is 10.3 Å². The standard InChI is InChI=1S/C18H13F3N2O4S/c1-8-22-12-5-6-13(27-2)14(15(12)28-8)16(24)23-11-4-3-9(18(19,20)21)7-10(11)17(25)26/h3-7H,1-2H3,(H,23,24)(H,25,26). The van der Waals surface area contributed by atoms with Crippen molar-refractivity contribution in [2.24, 2.45) is 0 Å². The maximum absolute atomic E-state index is 12.9. The Balaban J connectivity index is 2.07. The number of hydrogen-bond acceptors (Lipinski definition) is 5. The summed E-state index contributed by atoms with van der Waals surface area (Å²) in [5.41, 5.74) is -1.37. The number of methoxy groups -OCH3 is 1. The van der Waals surface area contributed by atoms with Crippen LogP contribution in [-0.2, 0) is 6.18 Å². The molecule has 0 atom stereocenters. The third kappa shape index (κ3) is 3.63. The van der Waals surface area contributed by atoms with E-state index in [0.29, 0.717) is 27.4 Å². The summed E-state index contributed by atoms with van der Waals surface area (Å²) in [6.07, 6.45) is -4.71. The molecule has 0 fully saturated rings. The second-order valence-electron chi connectivity index (χ2n) is 5.74. The fourth-order valence-electron chi connectivity index (χ4n) is 2.66. The number of aryl methyl sites for hydroxylation is 1. The van der Waals surface area contributed by atoms with Gasteiger partial charge in [-0.05, 0) is 37.3 Å². The second kappa shape index (κ2) is 7.12. The predicted molar refractivity (Wildman–Crippen MR) is 97.3 cm³/mol. The van der Waals surface area contributed by atoms with Crippen LogP contribution in [-0.4, -0.2) is 29.1 Å². The summed E-state index contributed by atoms with van der Waals surface area (Å²) in [5, 5.41) is 12.3. The van der Waals surface area contributed by atoms with E-state index in [9.17, 15) is 27.9 Å². The number of aromatic nitrogens is 1. The molecule has 2 N–H and O–H groups in total. The normalized spacial score (nSPS) is 11.5. The van der Waals surface area contributed by atoms with Crippen molar-refractivity contribution in [3.63, 3.8) is 0 Å². The summed E-state index contributed by atoms with van der Waals surface area (Å²) in [4.78, 5) is 28.5. The van der Waals surface area contributed by atoms with Crippen LogP contribution in [0.4, 0.5) is 18.9 Å². The van der Waals surface area contributed by atoms with Crippen molar-refractivity contribution < 1.29 is 32.6 Å². The number of ether oxygens (including phenoxy) is 1. The molecular weight excluding hydrogens is 397 g/mol. The van der Waals surface area contributed by atoms with Crippen LogP contribution >= 0.6 is 11.3 Å². The number of carboxylic acids is 1. The lowest BCUT2D eigenvalue weighted by molar-refractivity contribution is -0.137. The van der Waals surface area contributed by atoms with Gasteiger partial charge < -0.3 is 15.2 Å². The molecule has 6 nitrogen and oxygen atoms in total. The van der Waals surface area contributed by atoms with Crippen LogP contribution < -0.4 is 10.1 Å². The lowest BCUT2D eigenvalue weighted by Crippen LogP contribution is -2.17. The molecule has 0 spiro atoms. The zero-order valence-electron chi connectivity index (χ0n) is 14.5. The van der Waals surface area contributed by atoms with Crippen LogP contribution in [0.25, 0.3) is 10.2 Å². The van der Waals surface area contributed by atoms with Gasteiger partial charge >= 0.3 is 12.1 Å². The molecule has 0 radical (unpaired) electrons. The first-order chi connectivity index (χ1) is 13.1. The zero-order chi connectivity index (χ0) is 20.6. The van der Waals surface area contributed by atoms with Gasteiger partial charge in [0.05, 0.1) is 39.1 Å². The number of anilines is 1. The Hall–Kier alpha value is -3.14. The number of halogens is 3. The SMILES string of the molecule is COc1ccc2nc(C)sc2c1C(=O)Nc1ccc(C(F)(F)F)cc1C(=O)O. The largest absolute Gasteiger partial charge is 0.496 e. The molecule has 0 aliphatic rings.